The van der Waals surface area contributed by atoms with Crippen LogP contribution in [-0.2, 0) is 4.79 Å². The van der Waals surface area contributed by atoms with E-state index in [1.54, 1.807) is 0 Å². The molecule has 0 spiro atoms. The largest absolute Gasteiger partial charge is 0.481 e. The quantitative estimate of drug-likeness (QED) is 0.202. The van der Waals surface area contributed by atoms with E-state index in [0.29, 0.717) is 0 Å². The Morgan fingerprint density at radius 1 is 1.60 bits per heavy atom. The van der Waals surface area contributed by atoms with Crippen molar-refractivity contribution in [2.75, 3.05) is 0 Å². The Morgan fingerprint density at radius 2 is 1.90 bits per heavy atom. The van der Waals surface area contributed by atoms with Gasteiger partial charge in [-0.1, -0.05) is 0 Å². The molecule has 0 saturated heterocycles. The van der Waals surface area contributed by atoms with Gasteiger partial charge in [0.05, 0.1) is 0 Å². The summed E-state index contributed by atoms with van der Waals surface area (Å²) in [4.78, 5) is 18.0. The average molecular weight is 146 g/mol. The first kappa shape index (κ1) is 11.2. The number of guanidine groups is 1. The lowest BCUT2D eigenvalue weighted by atomic mass is 10.9. The van der Waals surface area contributed by atoms with Crippen LogP contribution in [0.25, 0.3) is 0 Å². The number of rotatable bonds is 0. The fraction of sp³-hybridized carbons (Fsp3) is 0.333. The van der Waals surface area contributed by atoms with Crippen LogP contribution in [0.3, 0.4) is 0 Å². The first-order valence-corrected chi connectivity index (χ1v) is 2.03. The highest BCUT2D eigenvalue weighted by molar-refractivity contribution is 5.76. The third kappa shape index (κ3) is 33.0. The fourth-order valence-corrected chi connectivity index (χ4v) is 0.0204. The van der Waals surface area contributed by atoms with E-state index < -0.39 is 11.9 Å². The van der Waals surface area contributed by atoms with Crippen LogP contribution in [0.2, 0.25) is 0 Å². The van der Waals surface area contributed by atoms with Crippen LogP contribution in [0.1, 0.15) is 6.92 Å². The van der Waals surface area contributed by atoms with E-state index in [2.05, 4.69) is 5.11 Å². The van der Waals surface area contributed by atoms with Crippen LogP contribution in [0.5, 0.6) is 0 Å². The van der Waals surface area contributed by atoms with Gasteiger partial charge in [0.15, 0.2) is 0 Å². The normalized spacial score (nSPS) is 6.50. The average Bonchev–Trinajstić information content (AvgIpc) is 1.85. The van der Waals surface area contributed by atoms with Crippen LogP contribution in [0.15, 0.2) is 10.3 Å². The Bertz CT molecular complexity index is 140. The molecule has 0 amide bonds. The summed E-state index contributed by atoms with van der Waals surface area (Å²) < 4.78 is 0. The maximum atomic E-state index is 9.05. The van der Waals surface area contributed by atoms with Gasteiger partial charge in [0, 0.05) is 12.1 Å². The van der Waals surface area contributed by atoms with Gasteiger partial charge < -0.3 is 5.11 Å². The Labute approximate surface area is 56.0 Å². The maximum Gasteiger partial charge on any atom is 0.301 e. The molecule has 0 aromatic rings. The standard InChI is InChI=1S/C2H4O2.CH2N4O/c1-2(3)4;2-1(4-3)5-6/h1H3,(H,3,4);2-3H. The molecule has 0 aromatic carbocycles. The van der Waals surface area contributed by atoms with Crippen LogP contribution in [0.4, 0.5) is 0 Å². The Kier molecular flexibility index (Phi) is 8.20. The predicted octanol–water partition coefficient (Wildman–Crippen LogP) is 0.809. The SMILES string of the molecule is CC(=O)O.N=NC(=N)N=O. The monoisotopic (exact) mass is 146 g/mol. The fourth-order valence-electron chi connectivity index (χ4n) is 0.0204. The number of carbonyl (C=O) groups is 1. The second-order valence-electron chi connectivity index (χ2n) is 1.05. The van der Waals surface area contributed by atoms with E-state index in [1.165, 1.54) is 0 Å². The first-order valence-electron chi connectivity index (χ1n) is 2.03. The Morgan fingerprint density at radius 3 is 1.90 bits per heavy atom. The summed E-state index contributed by atoms with van der Waals surface area (Å²) in [5.74, 6) is -1.63. The summed E-state index contributed by atoms with van der Waals surface area (Å²) in [5, 5.41) is 17.9. The summed E-state index contributed by atoms with van der Waals surface area (Å²) in [6.07, 6.45) is 0. The molecule has 7 nitrogen and oxygen atoms in total. The number of nitrogens with one attached hydrogen (secondary N) is 2. The van der Waals surface area contributed by atoms with Gasteiger partial charge in [-0.2, -0.15) is 0 Å². The molecule has 0 heterocycles. The lowest BCUT2D eigenvalue weighted by Gasteiger charge is -1.65. The van der Waals surface area contributed by atoms with E-state index in [1.807, 2.05) is 5.18 Å². The van der Waals surface area contributed by atoms with Gasteiger partial charge in [0.2, 0.25) is 0 Å². The van der Waals surface area contributed by atoms with Crippen LogP contribution in [0, 0.1) is 15.8 Å². The molecular weight excluding hydrogens is 140 g/mol. The van der Waals surface area contributed by atoms with Crippen LogP contribution < -0.4 is 0 Å². The van der Waals surface area contributed by atoms with Crippen molar-refractivity contribution in [3.63, 3.8) is 0 Å². The zero-order valence-corrected chi connectivity index (χ0v) is 5.16. The minimum atomic E-state index is -0.833. The van der Waals surface area contributed by atoms with Gasteiger partial charge >= 0.3 is 5.96 Å². The zero-order valence-electron chi connectivity index (χ0n) is 5.16. The molecule has 3 N–H and O–H groups in total. The van der Waals surface area contributed by atoms with Crippen LogP contribution in [-0.4, -0.2) is 17.0 Å². The second-order valence-corrected chi connectivity index (χ2v) is 1.05. The molecular formula is C3H6N4O3. The highest BCUT2D eigenvalue weighted by Crippen LogP contribution is 1.70. The van der Waals surface area contributed by atoms with Gasteiger partial charge in [-0.25, -0.2) is 5.53 Å². The van der Waals surface area contributed by atoms with E-state index in [4.69, 9.17) is 25.7 Å². The molecule has 0 radical (unpaired) electrons. The number of carboxylic acids is 1. The molecule has 0 atom stereocenters. The second kappa shape index (κ2) is 7.34. The van der Waals surface area contributed by atoms with Gasteiger partial charge in [0.1, 0.15) is 0 Å². The lowest BCUT2D eigenvalue weighted by molar-refractivity contribution is -0.134. The third-order valence-corrected chi connectivity index (χ3v) is 0.192. The van der Waals surface area contributed by atoms with Crippen molar-refractivity contribution in [1.29, 1.82) is 10.9 Å². The molecule has 7 heteroatoms. The molecule has 56 valence electrons. The highest BCUT2D eigenvalue weighted by atomic mass is 16.4. The topological polar surface area (TPSA) is 127 Å². The van der Waals surface area contributed by atoms with Crippen molar-refractivity contribution in [2.45, 2.75) is 6.92 Å². The van der Waals surface area contributed by atoms with Crippen molar-refractivity contribution < 1.29 is 9.90 Å². The minimum Gasteiger partial charge on any atom is -0.481 e. The molecule has 0 rings (SSSR count). The molecule has 0 unspecified atom stereocenters. The maximum absolute atomic E-state index is 9.05. The first-order chi connectivity index (χ1) is 4.54. The lowest BCUT2D eigenvalue weighted by Crippen LogP contribution is -1.78. The molecule has 10 heavy (non-hydrogen) atoms. The molecule has 0 aliphatic carbocycles. The van der Waals surface area contributed by atoms with Crippen molar-refractivity contribution >= 4 is 11.9 Å². The van der Waals surface area contributed by atoms with E-state index in [9.17, 15) is 0 Å². The third-order valence-electron chi connectivity index (χ3n) is 0.192. The van der Waals surface area contributed by atoms with E-state index in [0.717, 1.165) is 6.92 Å². The number of hydrogen-bond donors (Lipinski definition) is 3. The van der Waals surface area contributed by atoms with Gasteiger partial charge in [-0.15, -0.1) is 10.0 Å². The minimum absolute atomic E-state index is 0.796. The number of nitrogens with zero attached hydrogens (tertiary/aromatic N) is 2. The van der Waals surface area contributed by atoms with Gasteiger partial charge in [-0.3, -0.25) is 10.2 Å². The van der Waals surface area contributed by atoms with Gasteiger partial charge in [-0.05, 0) is 0 Å². The smallest absolute Gasteiger partial charge is 0.301 e. The molecule has 0 aliphatic rings. The molecule has 0 bridgehead atoms. The van der Waals surface area contributed by atoms with Crippen LogP contribution >= 0.6 is 0 Å². The summed E-state index contributed by atoms with van der Waals surface area (Å²) in [6.45, 7) is 1.08. The summed E-state index contributed by atoms with van der Waals surface area (Å²) in [5.41, 5.74) is 5.92. The number of carboxylic acid groups (broad SMARTS) is 1. The Hall–Kier alpha value is -1.66. The molecule has 0 saturated carbocycles. The summed E-state index contributed by atoms with van der Waals surface area (Å²) in [7, 11) is 0. The van der Waals surface area contributed by atoms with Crippen molar-refractivity contribution in [3.05, 3.63) is 4.91 Å². The zero-order chi connectivity index (χ0) is 8.57. The molecule has 0 fully saturated rings. The van der Waals surface area contributed by atoms with E-state index >= 15 is 0 Å². The molecule has 0 aromatic heterocycles. The number of hydrogen-bond acceptors (Lipinski definition) is 4. The predicted molar refractivity (Wildman–Crippen MR) is 32.0 cm³/mol. The summed E-state index contributed by atoms with van der Waals surface area (Å²) in [6, 6.07) is 0. The van der Waals surface area contributed by atoms with Crippen molar-refractivity contribution in [2.24, 2.45) is 10.3 Å². The molecule has 0 aliphatic heterocycles. The van der Waals surface area contributed by atoms with Gasteiger partial charge in [0.25, 0.3) is 5.97 Å². The number of aliphatic carboxylic acids is 1. The summed E-state index contributed by atoms with van der Waals surface area (Å²) >= 11 is 0. The van der Waals surface area contributed by atoms with Crippen molar-refractivity contribution in [1.82, 2.24) is 0 Å². The Balaban J connectivity index is 0. The highest BCUT2D eigenvalue weighted by Gasteiger charge is 1.80. The van der Waals surface area contributed by atoms with Crippen molar-refractivity contribution in [3.8, 4) is 0 Å². The van der Waals surface area contributed by atoms with E-state index in [-0.39, 0.29) is 0 Å². The number of nitroso groups, excluding NO2 is 1.